The number of ether oxygens (including phenoxy) is 1. The number of halogens is 1. The highest BCUT2D eigenvalue weighted by Gasteiger charge is 2.47. The Bertz CT molecular complexity index is 1080. The van der Waals surface area contributed by atoms with E-state index >= 15 is 0 Å². The molecular weight excluding hydrogens is 420 g/mol. The molecule has 30 heavy (non-hydrogen) atoms. The maximum Gasteiger partial charge on any atom is 0.211 e. The smallest absolute Gasteiger partial charge is 0.211 e. The molecule has 5 heterocycles. The highest BCUT2D eigenvalue weighted by Crippen LogP contribution is 2.46. The molecule has 2 aliphatic heterocycles. The minimum atomic E-state index is 0.303. The van der Waals surface area contributed by atoms with Crippen molar-refractivity contribution in [3.63, 3.8) is 0 Å². The molecule has 3 aromatic rings. The van der Waals surface area contributed by atoms with Crippen LogP contribution < -0.4 is 10.6 Å². The van der Waals surface area contributed by atoms with Crippen molar-refractivity contribution < 1.29 is 4.74 Å². The Kier molecular flexibility index (Phi) is 5.03. The summed E-state index contributed by atoms with van der Waals surface area (Å²) in [5.41, 5.74) is 7.01. The molecule has 2 fully saturated rings. The van der Waals surface area contributed by atoms with Crippen LogP contribution in [-0.2, 0) is 4.74 Å². The molecule has 0 amide bonds. The number of imidazole rings is 1. The van der Waals surface area contributed by atoms with Crippen LogP contribution in [-0.4, -0.2) is 45.2 Å². The summed E-state index contributed by atoms with van der Waals surface area (Å²) < 4.78 is 8.04. The van der Waals surface area contributed by atoms with Gasteiger partial charge in [-0.3, -0.25) is 4.40 Å². The van der Waals surface area contributed by atoms with Crippen LogP contribution >= 0.6 is 23.4 Å². The van der Waals surface area contributed by atoms with Gasteiger partial charge in [-0.05, 0) is 31.7 Å². The summed E-state index contributed by atoms with van der Waals surface area (Å²) in [4.78, 5) is 17.5. The van der Waals surface area contributed by atoms with E-state index in [-0.39, 0.29) is 0 Å². The summed E-state index contributed by atoms with van der Waals surface area (Å²) in [6, 6.07) is 1.85. The molecule has 2 N–H and O–H groups in total. The van der Waals surface area contributed by atoms with Gasteiger partial charge in [-0.1, -0.05) is 30.3 Å². The normalized spacial score (nSPS) is 23.5. The van der Waals surface area contributed by atoms with E-state index in [0.29, 0.717) is 28.3 Å². The molecule has 0 bridgehead atoms. The second-order valence-corrected chi connectivity index (χ2v) is 9.77. The lowest BCUT2D eigenvalue weighted by Gasteiger charge is -2.41. The number of nitrogens with two attached hydrogens (primary N) is 1. The highest BCUT2D eigenvalue weighted by molar-refractivity contribution is 7.99. The summed E-state index contributed by atoms with van der Waals surface area (Å²) in [6.45, 7) is 7.35. The Morgan fingerprint density at radius 1 is 1.17 bits per heavy atom. The molecule has 1 spiro atoms. The Morgan fingerprint density at radius 3 is 2.70 bits per heavy atom. The number of rotatable bonds is 3. The highest BCUT2D eigenvalue weighted by atomic mass is 35.5. The van der Waals surface area contributed by atoms with Gasteiger partial charge in [0.15, 0.2) is 5.65 Å². The molecule has 0 radical (unpaired) electrons. The average molecular weight is 445 g/mol. The maximum atomic E-state index is 6.33. The Balaban J connectivity index is 1.40. The average Bonchev–Trinajstić information content (AvgIpc) is 3.35. The van der Waals surface area contributed by atoms with E-state index in [0.717, 1.165) is 53.9 Å². The first kappa shape index (κ1) is 19.9. The van der Waals surface area contributed by atoms with Crippen molar-refractivity contribution in [2.75, 3.05) is 30.3 Å². The number of piperidine rings is 1. The molecule has 0 aromatic carbocycles. The van der Waals surface area contributed by atoms with Gasteiger partial charge >= 0.3 is 0 Å². The number of fused-ring (bicyclic) bond motifs is 1. The fourth-order valence-corrected chi connectivity index (χ4v) is 5.79. The molecule has 3 aromatic heterocycles. The number of anilines is 2. The van der Waals surface area contributed by atoms with Crippen LogP contribution in [0.5, 0.6) is 0 Å². The minimum absolute atomic E-state index is 0.303. The van der Waals surface area contributed by atoms with Crippen LogP contribution in [0.2, 0.25) is 5.02 Å². The molecule has 2 saturated heterocycles. The van der Waals surface area contributed by atoms with Gasteiger partial charge in [0.1, 0.15) is 5.82 Å². The lowest BCUT2D eigenvalue weighted by molar-refractivity contribution is 0.0969. The van der Waals surface area contributed by atoms with Crippen molar-refractivity contribution in [3.8, 4) is 0 Å². The van der Waals surface area contributed by atoms with E-state index in [1.54, 1.807) is 6.20 Å². The van der Waals surface area contributed by atoms with E-state index in [1.807, 2.05) is 24.7 Å². The van der Waals surface area contributed by atoms with Crippen molar-refractivity contribution in [1.29, 1.82) is 0 Å². The van der Waals surface area contributed by atoms with E-state index < -0.39 is 0 Å². The zero-order valence-electron chi connectivity index (χ0n) is 17.1. The third kappa shape index (κ3) is 3.21. The first-order chi connectivity index (χ1) is 14.5. The van der Waals surface area contributed by atoms with Crippen LogP contribution in [0, 0.1) is 11.3 Å². The first-order valence-corrected chi connectivity index (χ1v) is 11.4. The maximum absolute atomic E-state index is 6.33. The largest absolute Gasteiger partial charge is 0.382 e. The van der Waals surface area contributed by atoms with Gasteiger partial charge in [0, 0.05) is 48.2 Å². The molecule has 2 aliphatic rings. The predicted molar refractivity (Wildman–Crippen MR) is 119 cm³/mol. The third-order valence-corrected chi connectivity index (χ3v) is 8.40. The standard InChI is InChI=1S/C21H25ClN6OS/c1-13-14(2)29-12-21(13)4-8-27(9-5-21)20-26-11-16(19-25-7-10-28(19)20)30-15-3-6-24-18(23)17(15)22/h3,6-7,10-11,13-14H,4-5,8-9,12H2,1-2H3,(H2,23,24)/t13-,14+/m1/s1. The SMILES string of the molecule is C[C@@H]1OCC2(CCN(c3ncc(Sc4ccnc(N)c4Cl)c4nccn34)CC2)[C@@H]1C. The number of hydrogen-bond acceptors (Lipinski definition) is 7. The number of hydrogen-bond donors (Lipinski definition) is 1. The molecule has 2 atom stereocenters. The minimum Gasteiger partial charge on any atom is -0.382 e. The van der Waals surface area contributed by atoms with Crippen LogP contribution in [0.3, 0.4) is 0 Å². The van der Waals surface area contributed by atoms with E-state index in [9.17, 15) is 0 Å². The summed E-state index contributed by atoms with van der Waals surface area (Å²) in [6.07, 6.45) is 9.91. The Labute approximate surface area is 185 Å². The van der Waals surface area contributed by atoms with Crippen LogP contribution in [0.4, 0.5) is 11.8 Å². The van der Waals surface area contributed by atoms with E-state index in [4.69, 9.17) is 27.1 Å². The summed E-state index contributed by atoms with van der Waals surface area (Å²) in [7, 11) is 0. The van der Waals surface area contributed by atoms with Crippen molar-refractivity contribution >= 4 is 40.8 Å². The van der Waals surface area contributed by atoms with Gasteiger partial charge in [0.2, 0.25) is 5.95 Å². The quantitative estimate of drug-likeness (QED) is 0.649. The van der Waals surface area contributed by atoms with Gasteiger partial charge in [0.05, 0.1) is 22.6 Å². The Morgan fingerprint density at radius 2 is 1.97 bits per heavy atom. The number of nitrogens with zero attached hydrogens (tertiary/aromatic N) is 5. The number of pyridine rings is 1. The van der Waals surface area contributed by atoms with Crippen molar-refractivity contribution in [1.82, 2.24) is 19.4 Å². The van der Waals surface area contributed by atoms with Crippen molar-refractivity contribution in [2.24, 2.45) is 11.3 Å². The lowest BCUT2D eigenvalue weighted by atomic mass is 9.70. The lowest BCUT2D eigenvalue weighted by Crippen LogP contribution is -2.44. The topological polar surface area (TPSA) is 81.6 Å². The van der Waals surface area contributed by atoms with E-state index in [1.165, 1.54) is 11.8 Å². The van der Waals surface area contributed by atoms with Crippen molar-refractivity contribution in [3.05, 3.63) is 35.9 Å². The monoisotopic (exact) mass is 444 g/mol. The van der Waals surface area contributed by atoms with Crippen LogP contribution in [0.15, 0.2) is 40.6 Å². The molecule has 0 aliphatic carbocycles. The molecule has 0 saturated carbocycles. The molecule has 5 rings (SSSR count). The molecule has 7 nitrogen and oxygen atoms in total. The number of aromatic nitrogens is 4. The third-order valence-electron chi connectivity index (χ3n) is 6.82. The zero-order valence-corrected chi connectivity index (χ0v) is 18.7. The predicted octanol–water partition coefficient (Wildman–Crippen LogP) is 4.15. The summed E-state index contributed by atoms with van der Waals surface area (Å²) >= 11 is 7.83. The van der Waals surface area contributed by atoms with Crippen LogP contribution in [0.25, 0.3) is 5.65 Å². The van der Waals surface area contributed by atoms with Gasteiger partial charge < -0.3 is 15.4 Å². The second kappa shape index (κ2) is 7.59. The van der Waals surface area contributed by atoms with Crippen molar-refractivity contribution in [2.45, 2.75) is 42.6 Å². The molecule has 158 valence electrons. The number of nitrogen functional groups attached to an aromatic ring is 1. The molecule has 0 unspecified atom stereocenters. The molecule has 9 heteroatoms. The Hall–Kier alpha value is -2.03. The zero-order chi connectivity index (χ0) is 20.9. The van der Waals surface area contributed by atoms with Gasteiger partial charge in [-0.25, -0.2) is 15.0 Å². The second-order valence-electron chi connectivity index (χ2n) is 8.31. The van der Waals surface area contributed by atoms with Gasteiger partial charge in [-0.15, -0.1) is 0 Å². The van der Waals surface area contributed by atoms with Gasteiger partial charge in [-0.2, -0.15) is 0 Å². The fourth-order valence-electron chi connectivity index (χ4n) is 4.65. The summed E-state index contributed by atoms with van der Waals surface area (Å²) in [5, 5.41) is 0.458. The molecular formula is C21H25ClN6OS. The fraction of sp³-hybridized carbons (Fsp3) is 0.476. The first-order valence-electron chi connectivity index (χ1n) is 10.2. The van der Waals surface area contributed by atoms with Gasteiger partial charge in [0.25, 0.3) is 0 Å². The van der Waals surface area contributed by atoms with E-state index in [2.05, 4.69) is 33.1 Å². The van der Waals surface area contributed by atoms with Crippen LogP contribution in [0.1, 0.15) is 26.7 Å². The summed E-state index contributed by atoms with van der Waals surface area (Å²) in [5.74, 6) is 1.85.